The molecule has 1 amide bonds. The number of carbonyl (C=O) groups excluding carboxylic acids is 1. The van der Waals surface area contributed by atoms with Crippen molar-refractivity contribution < 1.29 is 28.1 Å². The Morgan fingerprint density at radius 3 is 2.71 bits per heavy atom. The van der Waals surface area contributed by atoms with Crippen LogP contribution in [0.2, 0.25) is 0 Å². The van der Waals surface area contributed by atoms with Gasteiger partial charge in [0.1, 0.15) is 23.0 Å². The van der Waals surface area contributed by atoms with Crippen LogP contribution in [0.1, 0.15) is 30.4 Å². The number of benzene rings is 2. The molecule has 5 rings (SSSR count). The number of carbonyl (C=O) groups is 1. The molecule has 11 heteroatoms. The number of methoxy groups -OCH3 is 2. The zero-order valence-corrected chi connectivity index (χ0v) is 24.6. The highest BCUT2D eigenvalue weighted by Crippen LogP contribution is 2.40. The fourth-order valence-electron chi connectivity index (χ4n) is 4.80. The summed E-state index contributed by atoms with van der Waals surface area (Å²) in [6.07, 6.45) is 3.41. The highest BCUT2D eigenvalue weighted by molar-refractivity contribution is 7.21. The Labute approximate surface area is 247 Å². The topological polar surface area (TPSA) is 104 Å². The largest absolute Gasteiger partial charge is 0.496 e. The zero-order valence-electron chi connectivity index (χ0n) is 23.8. The van der Waals surface area contributed by atoms with Crippen LogP contribution in [0.15, 0.2) is 59.9 Å². The highest BCUT2D eigenvalue weighted by Gasteiger charge is 2.33. The molecule has 0 unspecified atom stereocenters. The molecule has 2 atom stereocenters. The van der Waals surface area contributed by atoms with Gasteiger partial charge in [0.2, 0.25) is 5.88 Å². The number of nitrogens with zero attached hydrogens (tertiary/aromatic N) is 3. The smallest absolute Gasteiger partial charge is 0.412 e. The van der Waals surface area contributed by atoms with Crippen molar-refractivity contribution in [3.8, 4) is 22.2 Å². The van der Waals surface area contributed by atoms with E-state index in [9.17, 15) is 4.79 Å². The maximum absolute atomic E-state index is 15.2. The molecular weight excluding hydrogens is 559 g/mol. The number of aromatic nitrogens is 2. The number of rotatable bonds is 9. The van der Waals surface area contributed by atoms with Crippen molar-refractivity contribution in [2.75, 3.05) is 19.5 Å². The van der Waals surface area contributed by atoms with Gasteiger partial charge in [0.25, 0.3) is 0 Å². The van der Waals surface area contributed by atoms with Crippen molar-refractivity contribution in [3.05, 3.63) is 71.9 Å². The lowest BCUT2D eigenvalue weighted by atomic mass is 10.0. The third-order valence-electron chi connectivity index (χ3n) is 6.84. The zero-order chi connectivity index (χ0) is 29.8. The predicted octanol–water partition coefficient (Wildman–Crippen LogP) is 7.53. The van der Waals surface area contributed by atoms with Gasteiger partial charge in [0.05, 0.1) is 48.2 Å². The van der Waals surface area contributed by atoms with E-state index in [-0.39, 0.29) is 5.75 Å². The maximum atomic E-state index is 15.2. The number of amides is 1. The molecule has 1 aliphatic carbocycles. The van der Waals surface area contributed by atoms with E-state index >= 15 is 4.39 Å². The van der Waals surface area contributed by atoms with E-state index in [1.54, 1.807) is 24.4 Å². The van der Waals surface area contributed by atoms with Crippen LogP contribution in [0.4, 0.5) is 20.6 Å². The summed E-state index contributed by atoms with van der Waals surface area (Å²) in [5.41, 5.74) is 4.58. The first-order chi connectivity index (χ1) is 20.2. The number of aliphatic imine (C=N–C) groups is 1. The molecule has 0 saturated heterocycles. The van der Waals surface area contributed by atoms with E-state index in [0.29, 0.717) is 40.7 Å². The molecule has 0 spiro atoms. The second kappa shape index (κ2) is 12.6. The fraction of sp³-hybridized carbons (Fsp3) is 0.290. The van der Waals surface area contributed by atoms with Crippen LogP contribution in [0.5, 0.6) is 11.6 Å². The molecule has 1 aliphatic rings. The lowest BCUT2D eigenvalue weighted by Crippen LogP contribution is -2.32. The number of halogens is 1. The van der Waals surface area contributed by atoms with Gasteiger partial charge in [-0.25, -0.2) is 19.2 Å². The Balaban J connectivity index is 1.34. The van der Waals surface area contributed by atoms with Crippen molar-refractivity contribution >= 4 is 45.2 Å². The van der Waals surface area contributed by atoms with Gasteiger partial charge in [-0.2, -0.15) is 0 Å². The molecule has 4 aromatic rings. The van der Waals surface area contributed by atoms with Crippen molar-refractivity contribution in [1.29, 1.82) is 0 Å². The summed E-state index contributed by atoms with van der Waals surface area (Å²) >= 11 is 1.42. The second-order valence-corrected chi connectivity index (χ2v) is 11.0. The number of hydrogen-bond acceptors (Lipinski definition) is 9. The molecule has 2 aromatic heterocycles. The molecule has 2 aromatic carbocycles. The van der Waals surface area contributed by atoms with Crippen molar-refractivity contribution in [2.45, 2.75) is 45.3 Å². The Hall–Kier alpha value is -4.51. The number of thiazole rings is 1. The molecule has 0 radical (unpaired) electrons. The molecule has 1 fully saturated rings. The van der Waals surface area contributed by atoms with Gasteiger partial charge in [-0.15, -0.1) is 11.3 Å². The Bertz CT molecular complexity index is 1650. The van der Waals surface area contributed by atoms with E-state index < -0.39 is 24.1 Å². The lowest BCUT2D eigenvalue weighted by Gasteiger charge is -2.22. The summed E-state index contributed by atoms with van der Waals surface area (Å²) in [5.74, 6) is 0.418. The minimum Gasteiger partial charge on any atom is -0.496 e. The SMILES string of the molecule is C=C(/C=N\c1c(C)cc(C)cc1-c1nc2cc(F)c(O[C@H]3CCC[C@H]3OC(=O)Nc3ccc(OC)nc3)cc2s1)OC. The molecule has 0 bridgehead atoms. The molecule has 9 nitrogen and oxygen atoms in total. The van der Waals surface area contributed by atoms with Crippen molar-refractivity contribution in [1.82, 2.24) is 9.97 Å². The molecule has 42 heavy (non-hydrogen) atoms. The number of hydrogen-bond donors (Lipinski definition) is 1. The van der Waals surface area contributed by atoms with Crippen LogP contribution in [-0.2, 0) is 9.47 Å². The van der Waals surface area contributed by atoms with Gasteiger partial charge in [-0.1, -0.05) is 18.2 Å². The summed E-state index contributed by atoms with van der Waals surface area (Å²) in [4.78, 5) is 25.9. The summed E-state index contributed by atoms with van der Waals surface area (Å²) in [7, 11) is 3.05. The number of aryl methyl sites for hydroxylation is 2. The minimum atomic E-state index is -0.633. The van der Waals surface area contributed by atoms with Crippen LogP contribution in [0, 0.1) is 19.7 Å². The van der Waals surface area contributed by atoms with Crippen LogP contribution >= 0.6 is 11.3 Å². The Morgan fingerprint density at radius 2 is 1.98 bits per heavy atom. The van der Waals surface area contributed by atoms with E-state index in [0.717, 1.165) is 33.5 Å². The molecular formula is C31H31FN4O5S. The van der Waals surface area contributed by atoms with Gasteiger partial charge < -0.3 is 18.9 Å². The molecule has 2 heterocycles. The number of nitrogens with one attached hydrogen (secondary N) is 1. The number of ether oxygens (including phenoxy) is 4. The first kappa shape index (κ1) is 29.0. The minimum absolute atomic E-state index is 0.0908. The third kappa shape index (κ3) is 6.52. The van der Waals surface area contributed by atoms with E-state index in [2.05, 4.69) is 21.9 Å². The van der Waals surface area contributed by atoms with Crippen LogP contribution < -0.4 is 14.8 Å². The lowest BCUT2D eigenvalue weighted by molar-refractivity contribution is 0.0401. The number of fused-ring (bicyclic) bond motifs is 1. The van der Waals surface area contributed by atoms with Gasteiger partial charge in [0, 0.05) is 23.8 Å². The van der Waals surface area contributed by atoms with E-state index in [1.807, 2.05) is 26.0 Å². The normalized spacial score (nSPS) is 16.5. The molecule has 218 valence electrons. The number of pyridine rings is 1. The monoisotopic (exact) mass is 590 g/mol. The fourth-order valence-corrected chi connectivity index (χ4v) is 5.80. The predicted molar refractivity (Wildman–Crippen MR) is 162 cm³/mol. The van der Waals surface area contributed by atoms with Gasteiger partial charge in [0.15, 0.2) is 11.6 Å². The first-order valence-electron chi connectivity index (χ1n) is 13.4. The quantitative estimate of drug-likeness (QED) is 0.159. The average Bonchev–Trinajstić information content (AvgIpc) is 3.58. The number of allylic oxidation sites excluding steroid dienone is 1. The maximum Gasteiger partial charge on any atom is 0.412 e. The Morgan fingerprint density at radius 1 is 1.17 bits per heavy atom. The van der Waals surface area contributed by atoms with Crippen LogP contribution in [0.3, 0.4) is 0 Å². The van der Waals surface area contributed by atoms with Gasteiger partial charge in [-0.3, -0.25) is 10.3 Å². The summed E-state index contributed by atoms with van der Waals surface area (Å²) in [6.45, 7) is 7.78. The summed E-state index contributed by atoms with van der Waals surface area (Å²) < 4.78 is 37.9. The van der Waals surface area contributed by atoms with E-state index in [4.69, 9.17) is 23.9 Å². The summed E-state index contributed by atoms with van der Waals surface area (Å²) in [6, 6.07) is 10.4. The standard InChI is InChI=1S/C31H31FN4O5S/c1-17-11-18(2)29(34-15-19(3)38-4)21(12-17)30-36-23-13-22(32)26(14-27(23)42-30)40-24-7-6-8-25(24)41-31(37)35-20-9-10-28(39-5)33-16-20/h9-16,24-25H,3,6-8H2,1-2,4-5H3,(H,35,37)/b34-15-/t24-,25+/m0/s1. The Kier molecular flexibility index (Phi) is 8.67. The van der Waals surface area contributed by atoms with Crippen molar-refractivity contribution in [2.24, 2.45) is 4.99 Å². The molecule has 1 N–H and O–H groups in total. The molecule has 0 aliphatic heterocycles. The second-order valence-electron chi connectivity index (χ2n) is 9.92. The number of anilines is 1. The van der Waals surface area contributed by atoms with Gasteiger partial charge in [-0.05, 0) is 50.8 Å². The van der Waals surface area contributed by atoms with Crippen LogP contribution in [-0.4, -0.2) is 48.7 Å². The summed E-state index contributed by atoms with van der Waals surface area (Å²) in [5, 5.41) is 3.36. The average molecular weight is 591 g/mol. The van der Waals surface area contributed by atoms with Crippen molar-refractivity contribution in [3.63, 3.8) is 0 Å². The van der Waals surface area contributed by atoms with Crippen LogP contribution in [0.25, 0.3) is 20.8 Å². The highest BCUT2D eigenvalue weighted by atomic mass is 32.1. The molecule has 1 saturated carbocycles. The first-order valence-corrected chi connectivity index (χ1v) is 14.2. The van der Waals surface area contributed by atoms with E-state index in [1.165, 1.54) is 37.8 Å². The third-order valence-corrected chi connectivity index (χ3v) is 7.89. The van der Waals surface area contributed by atoms with Gasteiger partial charge >= 0.3 is 6.09 Å².